The molecule has 110 valence electrons. The molecule has 0 spiro atoms. The van der Waals surface area contributed by atoms with E-state index in [1.165, 1.54) is 22.3 Å². The van der Waals surface area contributed by atoms with Crippen LogP contribution >= 0.6 is 11.6 Å². The molecule has 0 aliphatic heterocycles. The SMILES string of the molecule is CCc1cc(CC)c(-c2ccc(C=O)c(Cl)c2)c(CC)c1. The molecular formula is C19H21ClO. The molecule has 2 heteroatoms. The predicted octanol–water partition coefficient (Wildman–Crippen LogP) is 5.51. The van der Waals surface area contributed by atoms with Crippen molar-refractivity contribution >= 4 is 17.9 Å². The van der Waals surface area contributed by atoms with Gasteiger partial charge in [0, 0.05) is 5.56 Å². The number of benzene rings is 2. The van der Waals surface area contributed by atoms with Gasteiger partial charge < -0.3 is 0 Å². The van der Waals surface area contributed by atoms with Crippen molar-refractivity contribution in [1.82, 2.24) is 0 Å². The van der Waals surface area contributed by atoms with Gasteiger partial charge in [-0.2, -0.15) is 0 Å². The number of rotatable bonds is 5. The molecule has 0 radical (unpaired) electrons. The topological polar surface area (TPSA) is 17.1 Å². The monoisotopic (exact) mass is 300 g/mol. The molecule has 2 aromatic rings. The Morgan fingerprint density at radius 3 is 2.00 bits per heavy atom. The summed E-state index contributed by atoms with van der Waals surface area (Å²) in [4.78, 5) is 10.9. The molecule has 2 rings (SSSR count). The van der Waals surface area contributed by atoms with E-state index in [1.807, 2.05) is 12.1 Å². The van der Waals surface area contributed by atoms with Gasteiger partial charge in [-0.05, 0) is 59.2 Å². The lowest BCUT2D eigenvalue weighted by molar-refractivity contribution is 0.112. The Kier molecular flexibility index (Phi) is 5.19. The Bertz CT molecular complexity index is 634. The zero-order valence-electron chi connectivity index (χ0n) is 12.9. The molecule has 0 fully saturated rings. The molecule has 0 heterocycles. The molecule has 0 amide bonds. The summed E-state index contributed by atoms with van der Waals surface area (Å²) in [5, 5.41) is 0.520. The number of halogens is 1. The smallest absolute Gasteiger partial charge is 0.151 e. The number of hydrogen-bond acceptors (Lipinski definition) is 1. The molecule has 0 aliphatic carbocycles. The van der Waals surface area contributed by atoms with E-state index in [2.05, 4.69) is 32.9 Å². The van der Waals surface area contributed by atoms with E-state index in [0.29, 0.717) is 10.6 Å². The van der Waals surface area contributed by atoms with Crippen LogP contribution in [0, 0.1) is 0 Å². The second-order valence-electron chi connectivity index (χ2n) is 5.20. The third kappa shape index (κ3) is 3.19. The molecule has 0 aliphatic rings. The number of aryl methyl sites for hydroxylation is 3. The lowest BCUT2D eigenvalue weighted by Crippen LogP contribution is -1.98. The van der Waals surface area contributed by atoms with Crippen molar-refractivity contribution in [2.24, 2.45) is 0 Å². The van der Waals surface area contributed by atoms with Crippen LogP contribution in [0.2, 0.25) is 5.02 Å². The molecule has 0 aromatic heterocycles. The highest BCUT2D eigenvalue weighted by molar-refractivity contribution is 6.33. The normalized spacial score (nSPS) is 10.7. The van der Waals surface area contributed by atoms with Crippen LogP contribution in [0.4, 0.5) is 0 Å². The van der Waals surface area contributed by atoms with Crippen LogP contribution in [-0.2, 0) is 19.3 Å². The molecule has 0 saturated carbocycles. The summed E-state index contributed by atoms with van der Waals surface area (Å²) < 4.78 is 0. The fourth-order valence-corrected chi connectivity index (χ4v) is 2.98. The van der Waals surface area contributed by atoms with Crippen molar-refractivity contribution in [3.05, 3.63) is 57.6 Å². The first-order chi connectivity index (χ1) is 10.1. The standard InChI is InChI=1S/C19H21ClO/c1-4-13-9-14(5-2)19(15(6-3)10-13)16-7-8-17(12-21)18(20)11-16/h7-12H,4-6H2,1-3H3. The highest BCUT2D eigenvalue weighted by atomic mass is 35.5. The Balaban J connectivity index is 2.66. The minimum atomic E-state index is 0.520. The van der Waals surface area contributed by atoms with E-state index >= 15 is 0 Å². The average Bonchev–Trinajstić information content (AvgIpc) is 2.53. The number of carbonyl (C=O) groups excluding carboxylic acids is 1. The first kappa shape index (κ1) is 15.8. The Morgan fingerprint density at radius 1 is 0.952 bits per heavy atom. The van der Waals surface area contributed by atoms with Crippen molar-refractivity contribution in [2.75, 3.05) is 0 Å². The molecule has 0 unspecified atom stereocenters. The van der Waals surface area contributed by atoms with Gasteiger partial charge in [0.15, 0.2) is 6.29 Å². The van der Waals surface area contributed by atoms with Crippen LogP contribution in [0.25, 0.3) is 11.1 Å². The first-order valence-electron chi connectivity index (χ1n) is 7.54. The van der Waals surface area contributed by atoms with E-state index in [4.69, 9.17) is 11.6 Å². The fraction of sp³-hybridized carbons (Fsp3) is 0.316. The van der Waals surface area contributed by atoms with Gasteiger partial charge in [-0.25, -0.2) is 0 Å². The van der Waals surface area contributed by atoms with E-state index in [0.717, 1.165) is 31.1 Å². The highest BCUT2D eigenvalue weighted by Gasteiger charge is 2.12. The Hall–Kier alpha value is -1.60. The maximum absolute atomic E-state index is 10.9. The lowest BCUT2D eigenvalue weighted by atomic mass is 9.89. The number of hydrogen-bond donors (Lipinski definition) is 0. The summed E-state index contributed by atoms with van der Waals surface area (Å²) in [5.74, 6) is 0. The van der Waals surface area contributed by atoms with Crippen LogP contribution in [0.1, 0.15) is 47.8 Å². The maximum Gasteiger partial charge on any atom is 0.151 e. The molecule has 21 heavy (non-hydrogen) atoms. The summed E-state index contributed by atoms with van der Waals surface area (Å²) in [6.07, 6.45) is 3.82. The highest BCUT2D eigenvalue weighted by Crippen LogP contribution is 2.32. The van der Waals surface area contributed by atoms with Crippen LogP contribution in [-0.4, -0.2) is 6.29 Å². The van der Waals surface area contributed by atoms with Crippen LogP contribution < -0.4 is 0 Å². The van der Waals surface area contributed by atoms with Crippen molar-refractivity contribution in [3.8, 4) is 11.1 Å². The van der Waals surface area contributed by atoms with E-state index < -0.39 is 0 Å². The van der Waals surface area contributed by atoms with Gasteiger partial charge in [0.2, 0.25) is 0 Å². The fourth-order valence-electron chi connectivity index (χ4n) is 2.75. The van der Waals surface area contributed by atoms with Gasteiger partial charge >= 0.3 is 0 Å². The minimum absolute atomic E-state index is 0.520. The maximum atomic E-state index is 10.9. The van der Waals surface area contributed by atoms with Crippen LogP contribution in [0.15, 0.2) is 30.3 Å². The minimum Gasteiger partial charge on any atom is -0.298 e. The molecule has 0 bridgehead atoms. The summed E-state index contributed by atoms with van der Waals surface area (Å²) in [7, 11) is 0. The van der Waals surface area contributed by atoms with Gasteiger partial charge in [-0.3, -0.25) is 4.79 Å². The second kappa shape index (κ2) is 6.91. The summed E-state index contributed by atoms with van der Waals surface area (Å²) in [5.41, 5.74) is 6.99. The zero-order valence-corrected chi connectivity index (χ0v) is 13.6. The van der Waals surface area contributed by atoms with Gasteiger partial charge in [0.05, 0.1) is 5.02 Å². The van der Waals surface area contributed by atoms with E-state index in [1.54, 1.807) is 6.07 Å². The van der Waals surface area contributed by atoms with E-state index in [9.17, 15) is 4.79 Å². The number of carbonyl (C=O) groups is 1. The van der Waals surface area contributed by atoms with Crippen LogP contribution in [0.3, 0.4) is 0 Å². The lowest BCUT2D eigenvalue weighted by Gasteiger charge is -2.16. The van der Waals surface area contributed by atoms with Gasteiger partial charge in [0.1, 0.15) is 0 Å². The molecule has 0 saturated heterocycles. The molecule has 0 N–H and O–H groups in total. The quantitative estimate of drug-likeness (QED) is 0.666. The third-order valence-corrected chi connectivity index (χ3v) is 4.27. The summed E-state index contributed by atoms with van der Waals surface area (Å²) in [6, 6.07) is 10.3. The second-order valence-corrected chi connectivity index (χ2v) is 5.61. The van der Waals surface area contributed by atoms with Crippen molar-refractivity contribution in [2.45, 2.75) is 40.0 Å². The first-order valence-corrected chi connectivity index (χ1v) is 7.92. The Labute approximate surface area is 132 Å². The van der Waals surface area contributed by atoms with Crippen molar-refractivity contribution in [3.63, 3.8) is 0 Å². The average molecular weight is 301 g/mol. The summed E-state index contributed by atoms with van der Waals surface area (Å²) >= 11 is 6.20. The van der Waals surface area contributed by atoms with Crippen molar-refractivity contribution < 1.29 is 4.79 Å². The largest absolute Gasteiger partial charge is 0.298 e. The van der Waals surface area contributed by atoms with Crippen LogP contribution in [0.5, 0.6) is 0 Å². The third-order valence-electron chi connectivity index (χ3n) is 3.95. The van der Waals surface area contributed by atoms with Crippen molar-refractivity contribution in [1.29, 1.82) is 0 Å². The Morgan fingerprint density at radius 2 is 1.57 bits per heavy atom. The zero-order chi connectivity index (χ0) is 15.4. The molecule has 0 atom stereocenters. The molecule has 2 aromatic carbocycles. The molecule has 1 nitrogen and oxygen atoms in total. The van der Waals surface area contributed by atoms with Gasteiger partial charge in [-0.15, -0.1) is 0 Å². The van der Waals surface area contributed by atoms with Gasteiger partial charge in [0.25, 0.3) is 0 Å². The molecular weight excluding hydrogens is 280 g/mol. The van der Waals surface area contributed by atoms with E-state index in [-0.39, 0.29) is 0 Å². The number of aldehydes is 1. The predicted molar refractivity (Wildman–Crippen MR) is 90.4 cm³/mol. The van der Waals surface area contributed by atoms with Gasteiger partial charge in [-0.1, -0.05) is 50.6 Å². The summed E-state index contributed by atoms with van der Waals surface area (Å²) in [6.45, 7) is 6.54.